The van der Waals surface area contributed by atoms with E-state index in [0.717, 1.165) is 63.6 Å². The number of carbonyl (C=O) groups is 1. The average Bonchev–Trinajstić information content (AvgIpc) is 2.96. The fourth-order valence-electron chi connectivity index (χ4n) is 5.34. The minimum absolute atomic E-state index is 0.0495. The predicted octanol–water partition coefficient (Wildman–Crippen LogP) is 4.26. The van der Waals surface area contributed by atoms with Crippen LogP contribution in [0.2, 0.25) is 0 Å². The number of anilines is 1. The first-order chi connectivity index (χ1) is 18.2. The summed E-state index contributed by atoms with van der Waals surface area (Å²) in [5.41, 5.74) is 3.87. The van der Waals surface area contributed by atoms with Crippen LogP contribution in [0.1, 0.15) is 33.0 Å². The zero-order chi connectivity index (χ0) is 25.2. The van der Waals surface area contributed by atoms with E-state index in [9.17, 15) is 4.79 Å². The molecular weight excluding hydrogens is 464 g/mol. The van der Waals surface area contributed by atoms with Gasteiger partial charge in [-0.25, -0.2) is 9.97 Å². The van der Waals surface area contributed by atoms with Crippen LogP contribution >= 0.6 is 0 Å². The van der Waals surface area contributed by atoms with Crippen LogP contribution in [-0.4, -0.2) is 60.7 Å². The molecule has 2 aliphatic rings. The number of rotatable bonds is 5. The standard InChI is InChI=1S/C30H30N4O3/c1-36-27-12-5-3-8-22(27)19-28-31-26-13-14-34(20-25(26)29(32-28)33-15-17-37-18-16-33)30(35)24-11-6-9-21-7-2-4-10-23(21)24/h2-12H,13-20H2,1H3. The van der Waals surface area contributed by atoms with Gasteiger partial charge in [0.25, 0.3) is 5.91 Å². The summed E-state index contributed by atoms with van der Waals surface area (Å²) >= 11 is 0. The number of nitrogens with zero attached hydrogens (tertiary/aromatic N) is 4. The van der Waals surface area contributed by atoms with Gasteiger partial charge in [-0.1, -0.05) is 54.6 Å². The number of carbonyl (C=O) groups excluding carboxylic acids is 1. The molecule has 7 heteroatoms. The molecule has 3 heterocycles. The molecule has 0 bridgehead atoms. The zero-order valence-electron chi connectivity index (χ0n) is 21.0. The van der Waals surface area contributed by atoms with Crippen molar-refractivity contribution in [2.45, 2.75) is 19.4 Å². The Labute approximate surface area is 216 Å². The molecule has 0 radical (unpaired) electrons. The number of fused-ring (bicyclic) bond motifs is 2. The van der Waals surface area contributed by atoms with E-state index in [2.05, 4.69) is 11.0 Å². The van der Waals surface area contributed by atoms with Gasteiger partial charge in [0.1, 0.15) is 17.4 Å². The maximum absolute atomic E-state index is 13.7. The van der Waals surface area contributed by atoms with Crippen LogP contribution < -0.4 is 9.64 Å². The van der Waals surface area contributed by atoms with Crippen LogP contribution in [0.3, 0.4) is 0 Å². The maximum atomic E-state index is 13.7. The Hall–Kier alpha value is -3.97. The molecule has 1 amide bonds. The van der Waals surface area contributed by atoms with Crippen molar-refractivity contribution in [3.05, 3.63) is 94.9 Å². The fourth-order valence-corrected chi connectivity index (χ4v) is 5.34. The van der Waals surface area contributed by atoms with E-state index in [1.807, 2.05) is 65.6 Å². The molecule has 0 unspecified atom stereocenters. The van der Waals surface area contributed by atoms with E-state index in [4.69, 9.17) is 19.4 Å². The molecule has 37 heavy (non-hydrogen) atoms. The summed E-state index contributed by atoms with van der Waals surface area (Å²) < 4.78 is 11.2. The Morgan fingerprint density at radius 2 is 1.73 bits per heavy atom. The molecule has 0 saturated carbocycles. The van der Waals surface area contributed by atoms with Gasteiger partial charge in [0.2, 0.25) is 0 Å². The van der Waals surface area contributed by atoms with Crippen molar-refractivity contribution in [1.29, 1.82) is 0 Å². The number of hydrogen-bond acceptors (Lipinski definition) is 6. The van der Waals surface area contributed by atoms with Gasteiger partial charge in [-0.15, -0.1) is 0 Å². The summed E-state index contributed by atoms with van der Waals surface area (Å²) in [5.74, 6) is 2.59. The van der Waals surface area contributed by atoms with Crippen LogP contribution in [0.25, 0.3) is 10.8 Å². The molecule has 0 N–H and O–H groups in total. The summed E-state index contributed by atoms with van der Waals surface area (Å²) in [5, 5.41) is 2.06. The second-order valence-electron chi connectivity index (χ2n) is 9.48. The number of aromatic nitrogens is 2. The van der Waals surface area contributed by atoms with E-state index in [1.54, 1.807) is 7.11 Å². The molecule has 0 aliphatic carbocycles. The highest BCUT2D eigenvalue weighted by atomic mass is 16.5. The van der Waals surface area contributed by atoms with Crippen molar-refractivity contribution in [3.63, 3.8) is 0 Å². The molecule has 188 valence electrons. The van der Waals surface area contributed by atoms with Gasteiger partial charge in [-0.05, 0) is 22.9 Å². The summed E-state index contributed by atoms with van der Waals surface area (Å²) in [6, 6.07) is 22.0. The highest BCUT2D eigenvalue weighted by Crippen LogP contribution is 2.30. The van der Waals surface area contributed by atoms with Crippen LogP contribution in [0.5, 0.6) is 5.75 Å². The molecule has 3 aromatic carbocycles. The molecule has 0 spiro atoms. The molecule has 7 nitrogen and oxygen atoms in total. The zero-order valence-corrected chi connectivity index (χ0v) is 21.0. The lowest BCUT2D eigenvalue weighted by Gasteiger charge is -2.34. The van der Waals surface area contributed by atoms with Gasteiger partial charge in [0, 0.05) is 49.2 Å². The largest absolute Gasteiger partial charge is 0.496 e. The molecule has 2 aliphatic heterocycles. The van der Waals surface area contributed by atoms with Gasteiger partial charge >= 0.3 is 0 Å². The Balaban J connectivity index is 1.35. The molecule has 1 aromatic heterocycles. The number of para-hydroxylation sites is 1. The van der Waals surface area contributed by atoms with Gasteiger partial charge in [0.05, 0.1) is 32.6 Å². The first kappa shape index (κ1) is 23.4. The molecule has 0 atom stereocenters. The summed E-state index contributed by atoms with van der Waals surface area (Å²) in [7, 11) is 1.69. The van der Waals surface area contributed by atoms with E-state index in [1.165, 1.54) is 0 Å². The fraction of sp³-hybridized carbons (Fsp3) is 0.300. The maximum Gasteiger partial charge on any atom is 0.254 e. The minimum Gasteiger partial charge on any atom is -0.496 e. The van der Waals surface area contributed by atoms with Crippen molar-refractivity contribution in [2.24, 2.45) is 0 Å². The number of hydrogen-bond donors (Lipinski definition) is 0. The number of ether oxygens (including phenoxy) is 2. The summed E-state index contributed by atoms with van der Waals surface area (Å²) in [6.07, 6.45) is 1.29. The van der Waals surface area contributed by atoms with Crippen LogP contribution in [0, 0.1) is 0 Å². The second kappa shape index (κ2) is 10.2. The van der Waals surface area contributed by atoms with E-state index < -0.39 is 0 Å². The van der Waals surface area contributed by atoms with Crippen molar-refractivity contribution in [1.82, 2.24) is 14.9 Å². The lowest BCUT2D eigenvalue weighted by molar-refractivity contribution is 0.0735. The lowest BCUT2D eigenvalue weighted by Crippen LogP contribution is -2.41. The van der Waals surface area contributed by atoms with Crippen molar-refractivity contribution in [3.8, 4) is 5.75 Å². The number of morpholine rings is 1. The Morgan fingerprint density at radius 1 is 0.946 bits per heavy atom. The Morgan fingerprint density at radius 3 is 2.59 bits per heavy atom. The molecule has 1 saturated heterocycles. The monoisotopic (exact) mass is 494 g/mol. The van der Waals surface area contributed by atoms with Crippen LogP contribution in [-0.2, 0) is 24.1 Å². The van der Waals surface area contributed by atoms with E-state index >= 15 is 0 Å². The van der Waals surface area contributed by atoms with E-state index in [0.29, 0.717) is 39.1 Å². The van der Waals surface area contributed by atoms with Gasteiger partial charge in [-0.2, -0.15) is 0 Å². The number of amides is 1. The number of benzene rings is 3. The first-order valence-electron chi connectivity index (χ1n) is 12.8. The second-order valence-corrected chi connectivity index (χ2v) is 9.48. The minimum atomic E-state index is 0.0495. The Kier molecular flexibility index (Phi) is 6.45. The van der Waals surface area contributed by atoms with Crippen LogP contribution in [0.15, 0.2) is 66.7 Å². The lowest BCUT2D eigenvalue weighted by atomic mass is 10.0. The molecular formula is C30H30N4O3. The SMILES string of the molecule is COc1ccccc1Cc1nc2c(c(N3CCOCC3)n1)CN(C(=O)c1cccc3ccccc13)CC2. The van der Waals surface area contributed by atoms with Crippen LogP contribution in [0.4, 0.5) is 5.82 Å². The van der Waals surface area contributed by atoms with Gasteiger partial charge in [0.15, 0.2) is 0 Å². The molecule has 4 aromatic rings. The quantitative estimate of drug-likeness (QED) is 0.413. The molecule has 6 rings (SSSR count). The third-order valence-corrected chi connectivity index (χ3v) is 7.24. The number of methoxy groups -OCH3 is 1. The normalized spacial score (nSPS) is 15.5. The Bertz CT molecular complexity index is 1440. The topological polar surface area (TPSA) is 67.8 Å². The first-order valence-corrected chi connectivity index (χ1v) is 12.8. The van der Waals surface area contributed by atoms with Gasteiger partial charge < -0.3 is 19.3 Å². The third-order valence-electron chi connectivity index (χ3n) is 7.24. The summed E-state index contributed by atoms with van der Waals surface area (Å²) in [6.45, 7) is 4.00. The average molecular weight is 495 g/mol. The van der Waals surface area contributed by atoms with E-state index in [-0.39, 0.29) is 5.91 Å². The van der Waals surface area contributed by atoms with Crippen molar-refractivity contribution in [2.75, 3.05) is 44.9 Å². The third kappa shape index (κ3) is 4.62. The highest BCUT2D eigenvalue weighted by molar-refractivity contribution is 6.07. The van der Waals surface area contributed by atoms with Gasteiger partial charge in [-0.3, -0.25) is 4.79 Å². The summed E-state index contributed by atoms with van der Waals surface area (Å²) in [4.78, 5) is 28.0. The highest BCUT2D eigenvalue weighted by Gasteiger charge is 2.29. The molecule has 1 fully saturated rings. The van der Waals surface area contributed by atoms with Crippen molar-refractivity contribution < 1.29 is 14.3 Å². The smallest absolute Gasteiger partial charge is 0.254 e. The van der Waals surface area contributed by atoms with Crippen molar-refractivity contribution >= 4 is 22.5 Å². The predicted molar refractivity (Wildman–Crippen MR) is 143 cm³/mol.